The molecular weight excluding hydrogens is 786 g/mol. The number of carbonyl (C=O) groups is 1. The van der Waals surface area contributed by atoms with Crippen LogP contribution in [0, 0.1) is 0 Å². The topological polar surface area (TPSA) is 166 Å². The van der Waals surface area contributed by atoms with E-state index in [-0.39, 0.29) is 26.0 Å². The fraction of sp³-hybridized carbons (Fsp3) is 0.419. The molecule has 0 saturated heterocycles. The molecule has 5 rings (SSSR count). The zero-order chi connectivity index (χ0) is 41.1. The fourth-order valence-electron chi connectivity index (χ4n) is 7.39. The highest BCUT2D eigenvalue weighted by atomic mass is 35.5. The summed E-state index contributed by atoms with van der Waals surface area (Å²) >= 11 is 6.60. The van der Waals surface area contributed by atoms with Gasteiger partial charge in [0.25, 0.3) is 20.2 Å². The first-order valence-electron chi connectivity index (χ1n) is 18.7. The van der Waals surface area contributed by atoms with Gasteiger partial charge in [0.15, 0.2) is 5.71 Å². The molecule has 0 bridgehead atoms. The maximum absolute atomic E-state index is 11.8. The Morgan fingerprint density at radius 3 is 2.33 bits per heavy atom. The number of carboxylic acids is 1. The molecule has 0 fully saturated rings. The molecule has 0 unspecified atom stereocenters. The zero-order valence-electron chi connectivity index (χ0n) is 32.5. The van der Waals surface area contributed by atoms with Crippen LogP contribution in [0.15, 0.2) is 89.7 Å². The number of aliphatic carboxylic acids is 1. The van der Waals surface area contributed by atoms with Gasteiger partial charge >= 0.3 is 11.8 Å². The van der Waals surface area contributed by atoms with Gasteiger partial charge in [0, 0.05) is 29.8 Å². The smallest absolute Gasteiger partial charge is 0.327 e. The first-order valence-corrected chi connectivity index (χ1v) is 22.3. The molecule has 0 spiro atoms. The van der Waals surface area contributed by atoms with E-state index in [0.717, 1.165) is 70.1 Å². The minimum atomic E-state index is -4.28. The quantitative estimate of drug-likeness (QED) is 0.0521. The molecule has 3 N–H and O–H groups in total. The lowest BCUT2D eigenvalue weighted by molar-refractivity contribution is -0.684. The van der Waals surface area contributed by atoms with Crippen molar-refractivity contribution < 1.29 is 40.4 Å². The molecule has 57 heavy (non-hydrogen) atoms. The largest absolute Gasteiger partial charge is 0.481 e. The number of unbranched alkanes of at least 4 members (excludes halogenated alkanes) is 2. The van der Waals surface area contributed by atoms with E-state index in [1.807, 2.05) is 80.7 Å². The summed E-state index contributed by atoms with van der Waals surface area (Å²) in [6.07, 6.45) is 13.0. The monoisotopic (exact) mass is 840 g/mol. The Morgan fingerprint density at radius 2 is 1.67 bits per heavy atom. The van der Waals surface area contributed by atoms with Gasteiger partial charge < -0.3 is 10.0 Å². The third-order valence-electron chi connectivity index (χ3n) is 10.4. The van der Waals surface area contributed by atoms with Crippen molar-refractivity contribution >= 4 is 60.6 Å². The molecule has 2 aliphatic rings. The van der Waals surface area contributed by atoms with E-state index >= 15 is 0 Å². The van der Waals surface area contributed by atoms with E-state index in [9.17, 15) is 35.8 Å². The molecular formula is C43H55ClN3O8S2+. The highest BCUT2D eigenvalue weighted by Gasteiger charge is 2.43. The van der Waals surface area contributed by atoms with Crippen LogP contribution in [-0.4, -0.2) is 55.0 Å². The lowest BCUT2D eigenvalue weighted by atomic mass is 9.81. The summed E-state index contributed by atoms with van der Waals surface area (Å²) in [6, 6.07) is 15.0. The fourth-order valence-corrected chi connectivity index (χ4v) is 8.78. The average Bonchev–Trinajstić information content (AvgIpc) is 3.47. The lowest BCUT2D eigenvalue weighted by Crippen LogP contribution is -2.35. The Labute approximate surface area is 343 Å². The summed E-state index contributed by atoms with van der Waals surface area (Å²) in [5.41, 5.74) is 6.31. The molecule has 0 radical (unpaired) electrons. The van der Waals surface area contributed by atoms with Crippen LogP contribution in [0.4, 0.5) is 11.5 Å². The third kappa shape index (κ3) is 11.3. The lowest BCUT2D eigenvalue weighted by Gasteiger charge is -2.27. The van der Waals surface area contributed by atoms with Gasteiger partial charge in [0.2, 0.25) is 0 Å². The molecule has 0 aliphatic carbocycles. The maximum Gasteiger partial charge on any atom is 0.327 e. The number of hydrogen-bond donors (Lipinski definition) is 3. The summed E-state index contributed by atoms with van der Waals surface area (Å²) < 4.78 is 67.6. The van der Waals surface area contributed by atoms with Crippen LogP contribution in [-0.2, 0) is 54.6 Å². The Balaban J connectivity index is 0.00000720. The number of anilines is 1. The van der Waals surface area contributed by atoms with Crippen molar-refractivity contribution in [3.63, 3.8) is 0 Å². The van der Waals surface area contributed by atoms with Crippen LogP contribution in [0.3, 0.4) is 0 Å². The molecule has 0 amide bonds. The van der Waals surface area contributed by atoms with Crippen molar-refractivity contribution in [1.82, 2.24) is 0 Å². The molecule has 308 valence electrons. The van der Waals surface area contributed by atoms with Gasteiger partial charge in [-0.2, -0.15) is 16.8 Å². The number of allylic oxidation sites excluding steroid dienone is 6. The highest BCUT2D eigenvalue weighted by molar-refractivity contribution is 7.85. The van der Waals surface area contributed by atoms with Crippen molar-refractivity contribution in [2.75, 3.05) is 17.2 Å². The third-order valence-corrected chi connectivity index (χ3v) is 12.1. The number of aryl methyl sites for hydroxylation is 2. The second-order valence-corrected chi connectivity index (χ2v) is 19.0. The van der Waals surface area contributed by atoms with E-state index in [2.05, 4.69) is 30.2 Å². The molecule has 3 aromatic rings. The Kier molecular flexibility index (Phi) is 14.5. The number of nitrogens with zero attached hydrogens (tertiary/aromatic N) is 3. The summed E-state index contributed by atoms with van der Waals surface area (Å²) in [7, 11) is -8.41. The number of fused-ring (bicyclic) bond motifs is 2. The van der Waals surface area contributed by atoms with Crippen LogP contribution in [0.2, 0.25) is 5.02 Å². The standard InChI is InChI=1S/C42H50ClN3O8S2.CH4/c1-6-7-21-45-27-33(43)26-35-40(45)44-37(41(35,2)3)18-15-31(32-12-10-11-29(24-32)14-20-39(47)48)16-19-38-42(4,5)34-25-30(28-56(52,53)54)13-17-36(34)46(38)22-8-9-23-55(49,50)51;/h10-13,15-19,24-27H,6-9,14,20-23,28H2,1-5H3,(H2-,47,48,49,50,51,52,53,54);1H4/p+1. The predicted octanol–water partition coefficient (Wildman–Crippen LogP) is 8.82. The minimum absolute atomic E-state index is 0. The first kappa shape index (κ1) is 45.6. The molecule has 2 aliphatic heterocycles. The molecule has 2 aromatic carbocycles. The summed E-state index contributed by atoms with van der Waals surface area (Å²) in [5.74, 6) is -0.913. The molecule has 14 heteroatoms. The number of halogens is 1. The van der Waals surface area contributed by atoms with E-state index in [4.69, 9.17) is 16.6 Å². The first-order chi connectivity index (χ1) is 26.2. The Hall–Kier alpha value is -4.14. The van der Waals surface area contributed by atoms with E-state index in [1.165, 1.54) is 0 Å². The summed E-state index contributed by atoms with van der Waals surface area (Å²) in [6.45, 7) is 11.6. The van der Waals surface area contributed by atoms with Crippen LogP contribution >= 0.6 is 11.6 Å². The number of aliphatic imine (C=N–C) groups is 1. The van der Waals surface area contributed by atoms with Crippen molar-refractivity contribution in [2.24, 2.45) is 4.99 Å². The Bertz CT molecular complexity index is 2350. The van der Waals surface area contributed by atoms with Gasteiger partial charge in [-0.25, -0.2) is 4.57 Å². The second-order valence-electron chi connectivity index (χ2n) is 15.5. The maximum atomic E-state index is 11.8. The number of carboxylic acid groups (broad SMARTS) is 1. The number of hydrogen-bond acceptors (Lipinski definition) is 7. The second kappa shape index (κ2) is 18.2. The van der Waals surface area contributed by atoms with Crippen LogP contribution in [0.25, 0.3) is 5.57 Å². The van der Waals surface area contributed by atoms with Gasteiger partial charge in [0.05, 0.1) is 28.3 Å². The SMILES string of the molecule is C.CCCC[n+]1cc(Cl)cc2c1N=C(/C=C/C(=C/C=C1/N(CCCCS(=O)(=O)O)c3ccc(CS(=O)(=O)O)cc3C1(C)C)c1cccc(CCC(=O)O)c1)C2(C)C. The number of rotatable bonds is 17. The van der Waals surface area contributed by atoms with Gasteiger partial charge in [-0.05, 0) is 96.6 Å². The van der Waals surface area contributed by atoms with Gasteiger partial charge in [0.1, 0.15) is 11.9 Å². The van der Waals surface area contributed by atoms with Crippen molar-refractivity contribution in [2.45, 2.75) is 104 Å². The van der Waals surface area contributed by atoms with Crippen LogP contribution in [0.5, 0.6) is 0 Å². The number of pyridine rings is 1. The summed E-state index contributed by atoms with van der Waals surface area (Å²) in [4.78, 5) is 18.6. The normalized spacial score (nSPS) is 16.8. The number of benzene rings is 2. The van der Waals surface area contributed by atoms with Gasteiger partial charge in [-0.15, -0.1) is 0 Å². The van der Waals surface area contributed by atoms with Crippen LogP contribution < -0.4 is 9.47 Å². The zero-order valence-corrected chi connectivity index (χ0v) is 34.9. The Morgan fingerprint density at radius 1 is 0.930 bits per heavy atom. The molecule has 11 nitrogen and oxygen atoms in total. The van der Waals surface area contributed by atoms with Crippen molar-refractivity contribution in [1.29, 1.82) is 0 Å². The van der Waals surface area contributed by atoms with E-state index in [0.29, 0.717) is 30.0 Å². The van der Waals surface area contributed by atoms with Crippen LogP contribution in [0.1, 0.15) is 102 Å². The molecule has 1 aromatic heterocycles. The van der Waals surface area contributed by atoms with E-state index in [1.54, 1.807) is 12.1 Å². The predicted molar refractivity (Wildman–Crippen MR) is 229 cm³/mol. The summed E-state index contributed by atoms with van der Waals surface area (Å²) in [5, 5.41) is 10.0. The van der Waals surface area contributed by atoms with Gasteiger partial charge in [-0.1, -0.05) is 94.8 Å². The highest BCUT2D eigenvalue weighted by Crippen LogP contribution is 2.48. The number of aromatic nitrogens is 1. The van der Waals surface area contributed by atoms with E-state index < -0.39 is 42.8 Å². The minimum Gasteiger partial charge on any atom is -0.481 e. The average molecular weight is 842 g/mol. The molecule has 3 heterocycles. The van der Waals surface area contributed by atoms with Crippen molar-refractivity contribution in [3.8, 4) is 0 Å². The molecule has 0 atom stereocenters. The van der Waals surface area contributed by atoms with Gasteiger partial charge in [-0.3, -0.25) is 13.9 Å². The van der Waals surface area contributed by atoms with Crippen molar-refractivity contribution in [3.05, 3.63) is 118 Å². The molecule has 0 saturated carbocycles.